The predicted molar refractivity (Wildman–Crippen MR) is 77.8 cm³/mol. The Balaban J connectivity index is 3.50. The van der Waals surface area contributed by atoms with Crippen molar-refractivity contribution in [1.29, 1.82) is 0 Å². The maximum absolute atomic E-state index is 13.8. The van der Waals surface area contributed by atoms with Gasteiger partial charge in [-0.1, -0.05) is 48.5 Å². The molecule has 0 saturated carbocycles. The zero-order chi connectivity index (χ0) is 14.0. The minimum atomic E-state index is -0.0953. The van der Waals surface area contributed by atoms with Crippen molar-refractivity contribution in [2.75, 3.05) is 0 Å². The Bertz CT molecular complexity index is 373. The number of hydrogen-bond acceptors (Lipinski definition) is 0. The van der Waals surface area contributed by atoms with Crippen molar-refractivity contribution >= 4 is 0 Å². The van der Waals surface area contributed by atoms with Gasteiger partial charge in [-0.05, 0) is 52.5 Å². The Hall–Kier alpha value is -0.850. The number of benzene rings is 1. The Labute approximate surface area is 112 Å². The number of rotatable bonds is 4. The fraction of sp³-hybridized carbons (Fsp3) is 0.647. The molecule has 1 rings (SSSR count). The average Bonchev–Trinajstić information content (AvgIpc) is 2.26. The van der Waals surface area contributed by atoms with Crippen LogP contribution in [-0.4, -0.2) is 0 Å². The first kappa shape index (κ1) is 15.2. The van der Waals surface area contributed by atoms with Gasteiger partial charge in [-0.2, -0.15) is 0 Å². The lowest BCUT2D eigenvalue weighted by molar-refractivity contribution is 0.518. The Kier molecular flexibility index (Phi) is 4.95. The van der Waals surface area contributed by atoms with Crippen LogP contribution in [0.15, 0.2) is 12.1 Å². The van der Waals surface area contributed by atoms with Gasteiger partial charge in [0.1, 0.15) is 5.82 Å². The van der Waals surface area contributed by atoms with Crippen molar-refractivity contribution < 1.29 is 4.39 Å². The van der Waals surface area contributed by atoms with Gasteiger partial charge in [-0.15, -0.1) is 0 Å². The second-order valence-electron chi connectivity index (χ2n) is 6.34. The summed E-state index contributed by atoms with van der Waals surface area (Å²) in [6, 6.07) is 3.45. The van der Waals surface area contributed by atoms with Crippen LogP contribution in [0.1, 0.15) is 82.9 Å². The molecule has 18 heavy (non-hydrogen) atoms. The minimum Gasteiger partial charge on any atom is -0.207 e. The molecule has 1 atom stereocenters. The molecule has 0 aromatic heterocycles. The van der Waals surface area contributed by atoms with Crippen LogP contribution >= 0.6 is 0 Å². The van der Waals surface area contributed by atoms with Crippen molar-refractivity contribution in [2.24, 2.45) is 5.92 Å². The molecule has 0 heterocycles. The van der Waals surface area contributed by atoms with Crippen molar-refractivity contribution in [3.63, 3.8) is 0 Å². The van der Waals surface area contributed by atoms with Crippen molar-refractivity contribution in [1.82, 2.24) is 0 Å². The minimum absolute atomic E-state index is 0.0953. The van der Waals surface area contributed by atoms with Gasteiger partial charge in [0, 0.05) is 0 Å². The van der Waals surface area contributed by atoms with Crippen molar-refractivity contribution in [2.45, 2.75) is 66.2 Å². The second-order valence-corrected chi connectivity index (χ2v) is 6.34. The lowest BCUT2D eigenvalue weighted by atomic mass is 9.78. The van der Waals surface area contributed by atoms with E-state index in [1.54, 1.807) is 12.1 Å². The predicted octanol–water partition coefficient (Wildman–Crippen LogP) is 5.83. The lowest BCUT2D eigenvalue weighted by Gasteiger charge is -2.27. The first-order chi connectivity index (χ1) is 8.25. The van der Waals surface area contributed by atoms with Crippen LogP contribution in [0.2, 0.25) is 0 Å². The fourth-order valence-electron chi connectivity index (χ4n) is 2.48. The molecule has 0 aliphatic rings. The highest BCUT2D eigenvalue weighted by molar-refractivity contribution is 5.42. The molecular formula is C17H27F. The summed E-state index contributed by atoms with van der Waals surface area (Å²) in [5.41, 5.74) is 3.73. The van der Waals surface area contributed by atoms with E-state index in [1.165, 1.54) is 16.7 Å². The Morgan fingerprint density at radius 2 is 1.17 bits per heavy atom. The number of hydrogen-bond donors (Lipinski definition) is 0. The monoisotopic (exact) mass is 250 g/mol. The molecule has 102 valence electrons. The van der Waals surface area contributed by atoms with Gasteiger partial charge < -0.3 is 0 Å². The Morgan fingerprint density at radius 1 is 0.778 bits per heavy atom. The molecule has 1 unspecified atom stereocenters. The standard InChI is InChI=1S/C17H27F/c1-10(2)13(7)17-15(11(3)4)8-14(18)9-16(17)12(5)6/h8-13H,1-7H3. The van der Waals surface area contributed by atoms with Crippen LogP contribution in [-0.2, 0) is 0 Å². The number of halogens is 1. The van der Waals surface area contributed by atoms with Crippen molar-refractivity contribution in [3.05, 3.63) is 34.6 Å². The molecule has 0 radical (unpaired) electrons. The third-order valence-corrected chi connectivity index (χ3v) is 3.91. The van der Waals surface area contributed by atoms with E-state index in [4.69, 9.17) is 0 Å². The van der Waals surface area contributed by atoms with Gasteiger partial charge in [0.15, 0.2) is 0 Å². The molecule has 1 aromatic rings. The lowest BCUT2D eigenvalue weighted by Crippen LogP contribution is -2.12. The van der Waals surface area contributed by atoms with Gasteiger partial charge in [-0.3, -0.25) is 0 Å². The zero-order valence-corrected chi connectivity index (χ0v) is 12.8. The molecule has 1 aromatic carbocycles. The van der Waals surface area contributed by atoms with Gasteiger partial charge in [-0.25, -0.2) is 4.39 Å². The van der Waals surface area contributed by atoms with Gasteiger partial charge in [0.25, 0.3) is 0 Å². The van der Waals surface area contributed by atoms with Crippen LogP contribution < -0.4 is 0 Å². The summed E-state index contributed by atoms with van der Waals surface area (Å²) in [7, 11) is 0. The second kappa shape index (κ2) is 5.86. The molecule has 0 spiro atoms. The van der Waals surface area contributed by atoms with Crippen LogP contribution in [0.25, 0.3) is 0 Å². The summed E-state index contributed by atoms with van der Waals surface area (Å²) in [5, 5.41) is 0. The fourth-order valence-corrected chi connectivity index (χ4v) is 2.48. The normalized spacial score (nSPS) is 13.7. The largest absolute Gasteiger partial charge is 0.207 e. The maximum Gasteiger partial charge on any atom is 0.123 e. The molecule has 0 N–H and O–H groups in total. The highest BCUT2D eigenvalue weighted by Crippen LogP contribution is 2.37. The van der Waals surface area contributed by atoms with E-state index >= 15 is 0 Å². The van der Waals surface area contributed by atoms with E-state index in [0.29, 0.717) is 23.7 Å². The summed E-state index contributed by atoms with van der Waals surface area (Å²) < 4.78 is 13.8. The zero-order valence-electron chi connectivity index (χ0n) is 12.8. The molecule has 0 fully saturated rings. The average molecular weight is 250 g/mol. The van der Waals surface area contributed by atoms with Crippen LogP contribution in [0, 0.1) is 11.7 Å². The van der Waals surface area contributed by atoms with Crippen LogP contribution in [0.5, 0.6) is 0 Å². The molecule has 0 saturated heterocycles. The Morgan fingerprint density at radius 3 is 1.44 bits per heavy atom. The quantitative estimate of drug-likeness (QED) is 0.630. The third kappa shape index (κ3) is 3.13. The molecular weight excluding hydrogens is 223 g/mol. The summed E-state index contributed by atoms with van der Waals surface area (Å²) in [5.74, 6) is 1.69. The van der Waals surface area contributed by atoms with E-state index in [-0.39, 0.29) is 5.82 Å². The van der Waals surface area contributed by atoms with E-state index < -0.39 is 0 Å². The highest BCUT2D eigenvalue weighted by atomic mass is 19.1. The topological polar surface area (TPSA) is 0 Å². The summed E-state index contributed by atoms with van der Waals surface area (Å²) in [4.78, 5) is 0. The first-order valence-electron chi connectivity index (χ1n) is 7.08. The molecule has 0 amide bonds. The molecule has 0 bridgehead atoms. The smallest absolute Gasteiger partial charge is 0.123 e. The summed E-state index contributed by atoms with van der Waals surface area (Å²) in [6.07, 6.45) is 0. The highest BCUT2D eigenvalue weighted by Gasteiger charge is 2.22. The van der Waals surface area contributed by atoms with Gasteiger partial charge in [0.05, 0.1) is 0 Å². The van der Waals surface area contributed by atoms with E-state index in [0.717, 1.165) is 0 Å². The van der Waals surface area contributed by atoms with Crippen LogP contribution in [0.3, 0.4) is 0 Å². The molecule has 0 aliphatic carbocycles. The van der Waals surface area contributed by atoms with E-state index in [9.17, 15) is 4.39 Å². The maximum atomic E-state index is 13.8. The molecule has 0 aliphatic heterocycles. The summed E-state index contributed by atoms with van der Waals surface area (Å²) in [6.45, 7) is 15.3. The van der Waals surface area contributed by atoms with Gasteiger partial charge >= 0.3 is 0 Å². The van der Waals surface area contributed by atoms with Crippen molar-refractivity contribution in [3.8, 4) is 0 Å². The first-order valence-corrected chi connectivity index (χ1v) is 7.08. The molecule has 0 nitrogen and oxygen atoms in total. The summed E-state index contributed by atoms with van der Waals surface area (Å²) >= 11 is 0. The van der Waals surface area contributed by atoms with E-state index in [2.05, 4.69) is 48.5 Å². The van der Waals surface area contributed by atoms with Gasteiger partial charge in [0.2, 0.25) is 0 Å². The van der Waals surface area contributed by atoms with Crippen LogP contribution in [0.4, 0.5) is 4.39 Å². The third-order valence-electron chi connectivity index (χ3n) is 3.91. The SMILES string of the molecule is CC(C)c1cc(F)cc(C(C)C)c1C(C)C(C)C. The van der Waals surface area contributed by atoms with E-state index in [1.807, 2.05) is 0 Å². The molecule has 1 heteroatoms.